The summed E-state index contributed by atoms with van der Waals surface area (Å²) in [5.74, 6) is 2.75. The standard InChI is InChI=1S/C26H32N6O2S/c1-4-13-35-26-30-24(28-15-18(2)3)22-16-29-32(25(22)31-26)12-11-27-23(33)17-34-21-10-9-19-7-5-6-8-20(19)14-21/h5-10,14,16,18H,4,11-13,15,17H2,1-3H3,(H,27,33)(H,28,30,31). The van der Waals surface area contributed by atoms with E-state index in [0.29, 0.717) is 24.8 Å². The van der Waals surface area contributed by atoms with Crippen molar-refractivity contribution in [3.05, 3.63) is 48.7 Å². The monoisotopic (exact) mass is 492 g/mol. The normalized spacial score (nSPS) is 11.3. The van der Waals surface area contributed by atoms with Gasteiger partial charge in [0.25, 0.3) is 5.91 Å². The Morgan fingerprint density at radius 1 is 1.14 bits per heavy atom. The lowest BCUT2D eigenvalue weighted by Gasteiger charge is -2.11. The second-order valence-electron chi connectivity index (χ2n) is 8.73. The highest BCUT2D eigenvalue weighted by molar-refractivity contribution is 7.99. The Morgan fingerprint density at radius 3 is 2.77 bits per heavy atom. The zero-order valence-electron chi connectivity index (χ0n) is 20.5. The first-order chi connectivity index (χ1) is 17.0. The van der Waals surface area contributed by atoms with Gasteiger partial charge >= 0.3 is 0 Å². The van der Waals surface area contributed by atoms with Crippen molar-refractivity contribution in [3.8, 4) is 5.75 Å². The lowest BCUT2D eigenvalue weighted by Crippen LogP contribution is -2.31. The molecule has 2 aromatic heterocycles. The Balaban J connectivity index is 1.35. The van der Waals surface area contributed by atoms with Crippen molar-refractivity contribution in [2.45, 2.75) is 38.9 Å². The van der Waals surface area contributed by atoms with E-state index in [9.17, 15) is 4.79 Å². The van der Waals surface area contributed by atoms with E-state index in [-0.39, 0.29) is 12.5 Å². The molecule has 1 amide bonds. The molecule has 2 N–H and O–H groups in total. The first kappa shape index (κ1) is 24.8. The maximum atomic E-state index is 12.3. The molecule has 9 heteroatoms. The summed E-state index contributed by atoms with van der Waals surface area (Å²) in [6.45, 7) is 8.17. The molecule has 184 valence electrons. The van der Waals surface area contributed by atoms with Crippen molar-refractivity contribution in [1.29, 1.82) is 0 Å². The van der Waals surface area contributed by atoms with Crippen LogP contribution < -0.4 is 15.4 Å². The molecule has 4 rings (SSSR count). The molecular weight excluding hydrogens is 460 g/mol. The molecule has 0 saturated carbocycles. The van der Waals surface area contributed by atoms with E-state index in [2.05, 4.69) is 36.5 Å². The van der Waals surface area contributed by atoms with Crippen LogP contribution >= 0.6 is 11.8 Å². The molecule has 0 atom stereocenters. The zero-order chi connectivity index (χ0) is 24.6. The number of hydrogen-bond donors (Lipinski definition) is 2. The minimum atomic E-state index is -0.178. The van der Waals surface area contributed by atoms with Gasteiger partial charge in [0.1, 0.15) is 11.6 Å². The number of nitrogens with one attached hydrogen (secondary N) is 2. The van der Waals surface area contributed by atoms with Crippen LogP contribution in [0.1, 0.15) is 27.2 Å². The lowest BCUT2D eigenvalue weighted by molar-refractivity contribution is -0.123. The van der Waals surface area contributed by atoms with Gasteiger partial charge in [-0.15, -0.1) is 0 Å². The number of anilines is 1. The van der Waals surface area contributed by atoms with Crippen molar-refractivity contribution in [1.82, 2.24) is 25.1 Å². The van der Waals surface area contributed by atoms with Crippen molar-refractivity contribution in [2.75, 3.05) is 30.8 Å². The molecule has 4 aromatic rings. The highest BCUT2D eigenvalue weighted by Crippen LogP contribution is 2.25. The molecule has 0 fully saturated rings. The van der Waals surface area contributed by atoms with Gasteiger partial charge in [-0.2, -0.15) is 5.10 Å². The average Bonchev–Trinajstić information content (AvgIpc) is 3.27. The van der Waals surface area contributed by atoms with E-state index in [1.807, 2.05) is 47.1 Å². The van der Waals surface area contributed by atoms with E-state index in [1.54, 1.807) is 18.0 Å². The molecule has 0 spiro atoms. The summed E-state index contributed by atoms with van der Waals surface area (Å²) >= 11 is 1.64. The molecule has 2 heterocycles. The van der Waals surface area contributed by atoms with Gasteiger partial charge in [-0.3, -0.25) is 4.79 Å². The highest BCUT2D eigenvalue weighted by Gasteiger charge is 2.14. The molecule has 0 bridgehead atoms. The number of fused-ring (bicyclic) bond motifs is 2. The predicted octanol–water partition coefficient (Wildman–Crippen LogP) is 4.74. The second kappa shape index (κ2) is 11.9. The fourth-order valence-electron chi connectivity index (χ4n) is 3.55. The first-order valence-corrected chi connectivity index (χ1v) is 13.0. The topological polar surface area (TPSA) is 94.0 Å². The van der Waals surface area contributed by atoms with Crippen LogP contribution in [0.2, 0.25) is 0 Å². The quantitative estimate of drug-likeness (QED) is 0.218. The molecule has 0 unspecified atom stereocenters. The number of rotatable bonds is 12. The SMILES string of the molecule is CCCSc1nc(NCC(C)C)c2cnn(CCNC(=O)COc3ccc4ccccc4c3)c2n1. The van der Waals surface area contributed by atoms with Gasteiger partial charge in [-0.25, -0.2) is 14.6 Å². The van der Waals surface area contributed by atoms with E-state index >= 15 is 0 Å². The van der Waals surface area contributed by atoms with Gasteiger partial charge in [0.2, 0.25) is 0 Å². The van der Waals surface area contributed by atoms with Crippen LogP contribution in [0.5, 0.6) is 5.75 Å². The smallest absolute Gasteiger partial charge is 0.258 e. The minimum Gasteiger partial charge on any atom is -0.484 e. The van der Waals surface area contributed by atoms with Crippen LogP contribution in [-0.4, -0.2) is 51.1 Å². The summed E-state index contributed by atoms with van der Waals surface area (Å²) < 4.78 is 7.50. The molecule has 8 nitrogen and oxygen atoms in total. The Labute approximate surface area is 209 Å². The largest absolute Gasteiger partial charge is 0.484 e. The maximum absolute atomic E-state index is 12.3. The van der Waals surface area contributed by atoms with Crippen molar-refractivity contribution >= 4 is 45.3 Å². The Kier molecular flexibility index (Phi) is 8.41. The number of amides is 1. The Morgan fingerprint density at radius 2 is 1.97 bits per heavy atom. The number of carbonyl (C=O) groups is 1. The number of carbonyl (C=O) groups excluding carboxylic acids is 1. The molecule has 2 aromatic carbocycles. The third-order valence-corrected chi connectivity index (χ3v) is 6.38. The number of hydrogen-bond acceptors (Lipinski definition) is 7. The van der Waals surface area contributed by atoms with Crippen LogP contribution in [-0.2, 0) is 11.3 Å². The summed E-state index contributed by atoms with van der Waals surface area (Å²) in [4.78, 5) is 21.8. The molecule has 0 aliphatic rings. The molecule has 35 heavy (non-hydrogen) atoms. The Bertz CT molecular complexity index is 1290. The van der Waals surface area contributed by atoms with Crippen molar-refractivity contribution < 1.29 is 9.53 Å². The van der Waals surface area contributed by atoms with Gasteiger partial charge in [-0.05, 0) is 35.2 Å². The fraction of sp³-hybridized carbons (Fsp3) is 0.385. The number of aromatic nitrogens is 4. The van der Waals surface area contributed by atoms with Crippen molar-refractivity contribution in [3.63, 3.8) is 0 Å². The van der Waals surface area contributed by atoms with Gasteiger partial charge in [0, 0.05) is 18.8 Å². The molecule has 0 saturated heterocycles. The number of benzene rings is 2. The summed E-state index contributed by atoms with van der Waals surface area (Å²) in [5.41, 5.74) is 0.770. The third kappa shape index (κ3) is 6.63. The lowest BCUT2D eigenvalue weighted by atomic mass is 10.1. The third-order valence-electron chi connectivity index (χ3n) is 5.33. The average molecular weight is 493 g/mol. The number of ether oxygens (including phenoxy) is 1. The highest BCUT2D eigenvalue weighted by atomic mass is 32.2. The van der Waals surface area contributed by atoms with E-state index in [0.717, 1.165) is 51.5 Å². The number of nitrogens with zero attached hydrogens (tertiary/aromatic N) is 4. The molecule has 0 aliphatic heterocycles. The zero-order valence-corrected chi connectivity index (χ0v) is 21.3. The predicted molar refractivity (Wildman–Crippen MR) is 142 cm³/mol. The number of thioether (sulfide) groups is 1. The second-order valence-corrected chi connectivity index (χ2v) is 9.79. The van der Waals surface area contributed by atoms with Gasteiger partial charge < -0.3 is 15.4 Å². The minimum absolute atomic E-state index is 0.0402. The molecule has 0 radical (unpaired) electrons. The Hall–Kier alpha value is -3.33. The van der Waals surface area contributed by atoms with Gasteiger partial charge in [0.15, 0.2) is 17.4 Å². The van der Waals surface area contributed by atoms with Gasteiger partial charge in [-0.1, -0.05) is 62.9 Å². The van der Waals surface area contributed by atoms with Gasteiger partial charge in [0.05, 0.1) is 18.1 Å². The van der Waals surface area contributed by atoms with E-state index in [4.69, 9.17) is 14.7 Å². The molecular formula is C26H32N6O2S. The molecule has 0 aliphatic carbocycles. The summed E-state index contributed by atoms with van der Waals surface area (Å²) in [6, 6.07) is 13.9. The summed E-state index contributed by atoms with van der Waals surface area (Å²) in [6.07, 6.45) is 2.84. The van der Waals surface area contributed by atoms with E-state index in [1.165, 1.54) is 0 Å². The first-order valence-electron chi connectivity index (χ1n) is 12.0. The summed E-state index contributed by atoms with van der Waals surface area (Å²) in [7, 11) is 0. The van der Waals surface area contributed by atoms with Crippen LogP contribution in [0.15, 0.2) is 53.8 Å². The van der Waals surface area contributed by atoms with Crippen LogP contribution in [0.4, 0.5) is 5.82 Å². The summed E-state index contributed by atoms with van der Waals surface area (Å²) in [5, 5.41) is 14.7. The fourth-order valence-corrected chi connectivity index (χ4v) is 4.24. The maximum Gasteiger partial charge on any atom is 0.258 e. The van der Waals surface area contributed by atoms with Crippen molar-refractivity contribution in [2.24, 2.45) is 5.92 Å². The van der Waals surface area contributed by atoms with Crippen LogP contribution in [0.3, 0.4) is 0 Å². The van der Waals surface area contributed by atoms with E-state index < -0.39 is 0 Å². The van der Waals surface area contributed by atoms with Crippen LogP contribution in [0, 0.1) is 5.92 Å². The van der Waals surface area contributed by atoms with Crippen LogP contribution in [0.25, 0.3) is 21.8 Å².